The minimum absolute atomic E-state index is 0.0494. The lowest BCUT2D eigenvalue weighted by Crippen LogP contribution is -2.19. The van der Waals surface area contributed by atoms with E-state index in [2.05, 4.69) is 5.32 Å². The van der Waals surface area contributed by atoms with E-state index in [-0.39, 0.29) is 33.5 Å². The Labute approximate surface area is 197 Å². The SMILES string of the molecule is COc1ccc(S(=O)(=O)c2cc3c(cc2NC(=O)CCc2ccccc2)n(C)c(=O)n3C)cc1. The fourth-order valence-corrected chi connectivity index (χ4v) is 5.26. The fourth-order valence-electron chi connectivity index (χ4n) is 3.84. The summed E-state index contributed by atoms with van der Waals surface area (Å²) in [4.78, 5) is 25.2. The maximum atomic E-state index is 13.6. The number of imidazole rings is 1. The normalized spacial score (nSPS) is 11.5. The first-order chi connectivity index (χ1) is 16.2. The smallest absolute Gasteiger partial charge is 0.328 e. The van der Waals surface area contributed by atoms with Gasteiger partial charge in [0.2, 0.25) is 15.7 Å². The minimum Gasteiger partial charge on any atom is -0.497 e. The summed E-state index contributed by atoms with van der Waals surface area (Å²) in [5, 5.41) is 2.76. The number of sulfone groups is 1. The summed E-state index contributed by atoms with van der Waals surface area (Å²) >= 11 is 0. The molecule has 0 unspecified atom stereocenters. The van der Waals surface area contributed by atoms with Gasteiger partial charge in [-0.15, -0.1) is 0 Å². The predicted molar refractivity (Wildman–Crippen MR) is 130 cm³/mol. The van der Waals surface area contributed by atoms with Crippen LogP contribution in [0.4, 0.5) is 5.69 Å². The molecular weight excluding hydrogens is 454 g/mol. The van der Waals surface area contributed by atoms with Crippen molar-refractivity contribution in [1.82, 2.24) is 9.13 Å². The zero-order valence-corrected chi connectivity index (χ0v) is 19.9. The highest BCUT2D eigenvalue weighted by Gasteiger charge is 2.25. The summed E-state index contributed by atoms with van der Waals surface area (Å²) in [6.45, 7) is 0. The zero-order chi connectivity index (χ0) is 24.5. The zero-order valence-electron chi connectivity index (χ0n) is 19.1. The van der Waals surface area contributed by atoms with Gasteiger partial charge in [0.25, 0.3) is 0 Å². The van der Waals surface area contributed by atoms with E-state index in [1.165, 1.54) is 40.5 Å². The van der Waals surface area contributed by atoms with E-state index in [9.17, 15) is 18.0 Å². The van der Waals surface area contributed by atoms with E-state index < -0.39 is 9.84 Å². The molecule has 0 bridgehead atoms. The molecule has 34 heavy (non-hydrogen) atoms. The average molecular weight is 480 g/mol. The summed E-state index contributed by atoms with van der Waals surface area (Å²) in [6.07, 6.45) is 0.692. The lowest BCUT2D eigenvalue weighted by molar-refractivity contribution is -0.116. The van der Waals surface area contributed by atoms with Crippen LogP contribution in [0.15, 0.2) is 81.3 Å². The Morgan fingerprint density at radius 1 is 0.941 bits per heavy atom. The van der Waals surface area contributed by atoms with Gasteiger partial charge in [-0.3, -0.25) is 13.9 Å². The van der Waals surface area contributed by atoms with Crippen LogP contribution in [-0.4, -0.2) is 30.6 Å². The molecule has 9 heteroatoms. The molecule has 1 aromatic heterocycles. The molecule has 0 spiro atoms. The Morgan fingerprint density at radius 3 is 2.18 bits per heavy atom. The quantitative estimate of drug-likeness (QED) is 0.439. The van der Waals surface area contributed by atoms with Crippen molar-refractivity contribution in [2.45, 2.75) is 22.6 Å². The monoisotopic (exact) mass is 479 g/mol. The Hall–Kier alpha value is -3.85. The predicted octanol–water partition coefficient (Wildman–Crippen LogP) is 3.29. The van der Waals surface area contributed by atoms with E-state index in [1.807, 2.05) is 30.3 Å². The fraction of sp³-hybridized carbons (Fsp3) is 0.200. The number of fused-ring (bicyclic) bond motifs is 1. The van der Waals surface area contributed by atoms with Crippen molar-refractivity contribution < 1.29 is 17.9 Å². The van der Waals surface area contributed by atoms with Gasteiger partial charge in [0.15, 0.2) is 0 Å². The second-order valence-corrected chi connectivity index (χ2v) is 9.87. The molecule has 0 fully saturated rings. The van der Waals surface area contributed by atoms with E-state index in [1.54, 1.807) is 26.2 Å². The highest BCUT2D eigenvalue weighted by atomic mass is 32.2. The van der Waals surface area contributed by atoms with Crippen molar-refractivity contribution in [3.05, 3.63) is 82.8 Å². The molecule has 1 amide bonds. The van der Waals surface area contributed by atoms with Gasteiger partial charge in [-0.2, -0.15) is 0 Å². The van der Waals surface area contributed by atoms with Crippen molar-refractivity contribution in [1.29, 1.82) is 0 Å². The molecule has 0 atom stereocenters. The third kappa shape index (κ3) is 4.34. The number of carbonyl (C=O) groups excluding carboxylic acids is 1. The van der Waals surface area contributed by atoms with Crippen LogP contribution in [0.3, 0.4) is 0 Å². The minimum atomic E-state index is -4.01. The molecule has 0 saturated heterocycles. The molecule has 0 radical (unpaired) electrons. The molecule has 1 heterocycles. The number of carbonyl (C=O) groups is 1. The molecule has 0 aliphatic carbocycles. The van der Waals surface area contributed by atoms with E-state index in [0.717, 1.165) is 5.56 Å². The third-order valence-corrected chi connectivity index (χ3v) is 7.60. The molecule has 8 nitrogen and oxygen atoms in total. The largest absolute Gasteiger partial charge is 0.497 e. The lowest BCUT2D eigenvalue weighted by Gasteiger charge is -2.14. The first kappa shape index (κ1) is 23.3. The van der Waals surface area contributed by atoms with Crippen LogP contribution >= 0.6 is 0 Å². The number of methoxy groups -OCH3 is 1. The van der Waals surface area contributed by atoms with Gasteiger partial charge >= 0.3 is 5.69 Å². The van der Waals surface area contributed by atoms with E-state index >= 15 is 0 Å². The highest BCUT2D eigenvalue weighted by molar-refractivity contribution is 7.91. The summed E-state index contributed by atoms with van der Waals surface area (Å²) in [6, 6.07) is 18.5. The maximum absolute atomic E-state index is 13.6. The van der Waals surface area contributed by atoms with Crippen LogP contribution in [0.25, 0.3) is 11.0 Å². The Kier molecular flexibility index (Phi) is 6.30. The van der Waals surface area contributed by atoms with Crippen LogP contribution < -0.4 is 15.7 Å². The number of anilines is 1. The molecule has 0 aliphatic heterocycles. The third-order valence-electron chi connectivity index (χ3n) is 5.79. The maximum Gasteiger partial charge on any atom is 0.328 e. The molecular formula is C25H25N3O5S. The summed E-state index contributed by atoms with van der Waals surface area (Å²) in [5.74, 6) is 0.199. The first-order valence-corrected chi connectivity index (χ1v) is 12.1. The number of aryl methyl sites for hydroxylation is 3. The number of hydrogen-bond donors (Lipinski definition) is 1. The van der Waals surface area contributed by atoms with Crippen molar-refractivity contribution in [3.63, 3.8) is 0 Å². The Balaban J connectivity index is 1.77. The Morgan fingerprint density at radius 2 is 1.56 bits per heavy atom. The number of amides is 1. The number of nitrogens with one attached hydrogen (secondary N) is 1. The van der Waals surface area contributed by atoms with Crippen LogP contribution in [0.5, 0.6) is 5.75 Å². The number of aromatic nitrogens is 2. The molecule has 4 aromatic rings. The number of nitrogens with zero attached hydrogens (tertiary/aromatic N) is 2. The van der Waals surface area contributed by atoms with Gasteiger partial charge in [0.1, 0.15) is 5.75 Å². The molecule has 0 saturated carbocycles. The van der Waals surface area contributed by atoms with Crippen molar-refractivity contribution in [3.8, 4) is 5.75 Å². The topological polar surface area (TPSA) is 99.4 Å². The molecule has 0 aliphatic rings. The van der Waals surface area contributed by atoms with Crippen LogP contribution in [0.1, 0.15) is 12.0 Å². The number of rotatable bonds is 7. The Bertz CT molecular complexity index is 1520. The van der Waals surface area contributed by atoms with Gasteiger partial charge in [0, 0.05) is 20.5 Å². The van der Waals surface area contributed by atoms with Crippen LogP contribution in [0.2, 0.25) is 0 Å². The number of ether oxygens (including phenoxy) is 1. The first-order valence-electron chi connectivity index (χ1n) is 10.6. The van der Waals surface area contributed by atoms with Gasteiger partial charge in [0.05, 0.1) is 33.6 Å². The van der Waals surface area contributed by atoms with Crippen LogP contribution in [-0.2, 0) is 35.1 Å². The van der Waals surface area contributed by atoms with Crippen LogP contribution in [0, 0.1) is 0 Å². The van der Waals surface area contributed by atoms with E-state index in [4.69, 9.17) is 4.74 Å². The number of benzene rings is 3. The molecule has 4 rings (SSSR count). The van der Waals surface area contributed by atoms with Gasteiger partial charge in [-0.25, -0.2) is 13.2 Å². The standard InChI is InChI=1S/C25H25N3O5S/c1-27-21-15-20(26-24(29)14-9-17-7-5-4-6-8-17)23(16-22(21)28(2)25(27)30)34(31,32)19-12-10-18(33-3)11-13-19/h4-8,10-13,15-16H,9,14H2,1-3H3,(H,26,29). The van der Waals surface area contributed by atoms with Crippen molar-refractivity contribution in [2.24, 2.45) is 14.1 Å². The second kappa shape index (κ2) is 9.18. The summed E-state index contributed by atoms with van der Waals surface area (Å²) < 4.78 is 35.1. The summed E-state index contributed by atoms with van der Waals surface area (Å²) in [7, 11) is 0.659. The number of hydrogen-bond acceptors (Lipinski definition) is 5. The molecule has 3 aromatic carbocycles. The van der Waals surface area contributed by atoms with Crippen molar-refractivity contribution >= 4 is 32.5 Å². The molecule has 1 N–H and O–H groups in total. The average Bonchev–Trinajstić information content (AvgIpc) is 3.06. The van der Waals surface area contributed by atoms with Crippen molar-refractivity contribution in [2.75, 3.05) is 12.4 Å². The highest BCUT2D eigenvalue weighted by Crippen LogP contribution is 2.32. The molecule has 176 valence electrons. The second-order valence-electron chi connectivity index (χ2n) is 7.95. The summed E-state index contributed by atoms with van der Waals surface area (Å²) in [5.41, 5.74) is 1.80. The van der Waals surface area contributed by atoms with E-state index in [0.29, 0.717) is 23.2 Å². The van der Waals surface area contributed by atoms with Gasteiger partial charge in [-0.1, -0.05) is 30.3 Å². The van der Waals surface area contributed by atoms with Gasteiger partial charge < -0.3 is 10.1 Å². The lowest BCUT2D eigenvalue weighted by atomic mass is 10.1. The van der Waals surface area contributed by atoms with Gasteiger partial charge in [-0.05, 0) is 48.4 Å².